The van der Waals surface area contributed by atoms with Gasteiger partial charge in [-0.15, -0.1) is 6.58 Å². The van der Waals surface area contributed by atoms with Crippen LogP contribution in [-0.2, 0) is 4.74 Å². The molecule has 0 spiro atoms. The predicted octanol–water partition coefficient (Wildman–Crippen LogP) is 2.17. The second-order valence-electron chi connectivity index (χ2n) is 3.32. The zero-order chi connectivity index (χ0) is 12.5. The number of nitrogens with one attached hydrogen (secondary N) is 1. The van der Waals surface area contributed by atoms with Gasteiger partial charge in [0.15, 0.2) is 0 Å². The van der Waals surface area contributed by atoms with Crippen molar-refractivity contribution in [2.24, 2.45) is 0 Å². The van der Waals surface area contributed by atoms with E-state index in [-0.39, 0.29) is 5.91 Å². The molecule has 92 valence electrons. The number of pyridine rings is 1. The summed E-state index contributed by atoms with van der Waals surface area (Å²) in [6.45, 7) is 5.23. The van der Waals surface area contributed by atoms with Crippen LogP contribution in [-0.4, -0.2) is 30.6 Å². The van der Waals surface area contributed by atoms with Gasteiger partial charge in [0.1, 0.15) is 4.60 Å². The molecule has 0 aliphatic rings. The van der Waals surface area contributed by atoms with Crippen LogP contribution in [0.25, 0.3) is 0 Å². The Hall–Kier alpha value is -1.20. The third-order valence-electron chi connectivity index (χ3n) is 1.99. The van der Waals surface area contributed by atoms with Crippen molar-refractivity contribution in [3.63, 3.8) is 0 Å². The summed E-state index contributed by atoms with van der Waals surface area (Å²) < 4.78 is 5.98. The number of carbonyl (C=O) groups is 1. The van der Waals surface area contributed by atoms with E-state index in [1.165, 1.54) is 6.20 Å². The molecule has 0 aliphatic carbocycles. The largest absolute Gasteiger partial charge is 0.379 e. The standard InChI is InChI=1S/C12H15BrN2O2/c1-2-3-7-17-8-6-14-12(16)10-4-5-11(13)15-9-10/h2,4-5,9H,1,3,6-8H2,(H,14,16). The van der Waals surface area contributed by atoms with Crippen molar-refractivity contribution in [1.82, 2.24) is 10.3 Å². The summed E-state index contributed by atoms with van der Waals surface area (Å²) in [7, 11) is 0. The van der Waals surface area contributed by atoms with Crippen LogP contribution in [0.2, 0.25) is 0 Å². The maximum Gasteiger partial charge on any atom is 0.252 e. The number of rotatable bonds is 7. The molecule has 4 nitrogen and oxygen atoms in total. The second kappa shape index (κ2) is 7.97. The molecule has 1 rings (SSSR count). The second-order valence-corrected chi connectivity index (χ2v) is 4.13. The van der Waals surface area contributed by atoms with Crippen LogP contribution in [0, 0.1) is 0 Å². The van der Waals surface area contributed by atoms with Gasteiger partial charge in [0.25, 0.3) is 5.91 Å². The Balaban J connectivity index is 2.21. The minimum absolute atomic E-state index is 0.141. The van der Waals surface area contributed by atoms with E-state index in [0.29, 0.717) is 29.9 Å². The van der Waals surface area contributed by atoms with Crippen LogP contribution in [0.4, 0.5) is 0 Å². The van der Waals surface area contributed by atoms with E-state index in [1.54, 1.807) is 18.2 Å². The lowest BCUT2D eigenvalue weighted by atomic mass is 10.3. The fourth-order valence-electron chi connectivity index (χ4n) is 1.12. The normalized spacial score (nSPS) is 9.94. The molecule has 0 saturated heterocycles. The molecule has 0 unspecified atom stereocenters. The van der Waals surface area contributed by atoms with Crippen LogP contribution < -0.4 is 5.32 Å². The summed E-state index contributed by atoms with van der Waals surface area (Å²) >= 11 is 3.21. The van der Waals surface area contributed by atoms with Gasteiger partial charge in [0, 0.05) is 12.7 Å². The number of aromatic nitrogens is 1. The topological polar surface area (TPSA) is 51.2 Å². The van der Waals surface area contributed by atoms with Crippen molar-refractivity contribution in [3.8, 4) is 0 Å². The van der Waals surface area contributed by atoms with Crippen molar-refractivity contribution in [3.05, 3.63) is 41.2 Å². The van der Waals surface area contributed by atoms with Gasteiger partial charge >= 0.3 is 0 Å². The number of halogens is 1. The molecule has 1 heterocycles. The van der Waals surface area contributed by atoms with Crippen molar-refractivity contribution in [1.29, 1.82) is 0 Å². The minimum atomic E-state index is -0.141. The summed E-state index contributed by atoms with van der Waals surface area (Å²) in [6, 6.07) is 3.44. The highest BCUT2D eigenvalue weighted by Gasteiger charge is 2.04. The number of nitrogens with zero attached hydrogens (tertiary/aromatic N) is 1. The lowest BCUT2D eigenvalue weighted by Gasteiger charge is -2.05. The average molecular weight is 299 g/mol. The third-order valence-corrected chi connectivity index (χ3v) is 2.46. The molecular weight excluding hydrogens is 284 g/mol. The van der Waals surface area contributed by atoms with E-state index >= 15 is 0 Å². The quantitative estimate of drug-likeness (QED) is 0.477. The lowest BCUT2D eigenvalue weighted by Crippen LogP contribution is -2.27. The Kier molecular flexibility index (Phi) is 6.50. The van der Waals surface area contributed by atoms with Crippen molar-refractivity contribution in [2.45, 2.75) is 6.42 Å². The molecule has 17 heavy (non-hydrogen) atoms. The maximum absolute atomic E-state index is 11.6. The van der Waals surface area contributed by atoms with Crippen LogP contribution >= 0.6 is 15.9 Å². The molecule has 0 aliphatic heterocycles. The first kappa shape index (κ1) is 13.9. The third kappa shape index (κ3) is 5.60. The SMILES string of the molecule is C=CCCOCCNC(=O)c1ccc(Br)nc1. The first-order valence-electron chi connectivity index (χ1n) is 5.32. The van der Waals surface area contributed by atoms with Gasteiger partial charge in [0.05, 0.1) is 18.8 Å². The highest BCUT2D eigenvalue weighted by atomic mass is 79.9. The molecule has 0 bridgehead atoms. The number of amides is 1. The first-order chi connectivity index (χ1) is 8.24. The zero-order valence-electron chi connectivity index (χ0n) is 9.49. The number of hydrogen-bond donors (Lipinski definition) is 1. The van der Waals surface area contributed by atoms with Crippen molar-refractivity contribution in [2.75, 3.05) is 19.8 Å². The Morgan fingerprint density at radius 3 is 3.00 bits per heavy atom. The number of carbonyl (C=O) groups excluding carboxylic acids is 1. The van der Waals surface area contributed by atoms with Crippen LogP contribution in [0.3, 0.4) is 0 Å². The summed E-state index contributed by atoms with van der Waals surface area (Å²) in [5, 5.41) is 2.75. The first-order valence-corrected chi connectivity index (χ1v) is 6.11. The summed E-state index contributed by atoms with van der Waals surface area (Å²) in [6.07, 6.45) is 4.15. The zero-order valence-corrected chi connectivity index (χ0v) is 11.1. The van der Waals surface area contributed by atoms with Crippen LogP contribution in [0.15, 0.2) is 35.6 Å². The average Bonchev–Trinajstić information content (AvgIpc) is 2.34. The van der Waals surface area contributed by atoms with E-state index in [0.717, 1.165) is 6.42 Å². The number of ether oxygens (including phenoxy) is 1. The highest BCUT2D eigenvalue weighted by molar-refractivity contribution is 9.10. The van der Waals surface area contributed by atoms with Gasteiger partial charge in [-0.3, -0.25) is 4.79 Å². The monoisotopic (exact) mass is 298 g/mol. The fourth-order valence-corrected chi connectivity index (χ4v) is 1.35. The predicted molar refractivity (Wildman–Crippen MR) is 69.9 cm³/mol. The molecule has 1 N–H and O–H groups in total. The van der Waals surface area contributed by atoms with Gasteiger partial charge in [-0.2, -0.15) is 0 Å². The Morgan fingerprint density at radius 1 is 1.53 bits per heavy atom. The van der Waals surface area contributed by atoms with E-state index in [4.69, 9.17) is 4.74 Å². The lowest BCUT2D eigenvalue weighted by molar-refractivity contribution is 0.0917. The Labute approximate surface area is 109 Å². The molecule has 1 aromatic heterocycles. The van der Waals surface area contributed by atoms with Gasteiger partial charge in [-0.25, -0.2) is 4.98 Å². The van der Waals surface area contributed by atoms with Crippen LogP contribution in [0.5, 0.6) is 0 Å². The van der Waals surface area contributed by atoms with E-state index in [2.05, 4.69) is 32.8 Å². The molecule has 0 atom stereocenters. The molecule has 0 fully saturated rings. The summed E-state index contributed by atoms with van der Waals surface area (Å²) in [5.41, 5.74) is 0.541. The van der Waals surface area contributed by atoms with E-state index in [1.807, 2.05) is 0 Å². The van der Waals surface area contributed by atoms with Gasteiger partial charge in [-0.1, -0.05) is 6.08 Å². The van der Waals surface area contributed by atoms with E-state index < -0.39 is 0 Å². The maximum atomic E-state index is 11.6. The Morgan fingerprint density at radius 2 is 2.35 bits per heavy atom. The minimum Gasteiger partial charge on any atom is -0.379 e. The van der Waals surface area contributed by atoms with Crippen molar-refractivity contribution < 1.29 is 9.53 Å². The van der Waals surface area contributed by atoms with Gasteiger partial charge in [0.2, 0.25) is 0 Å². The summed E-state index contributed by atoms with van der Waals surface area (Å²) in [4.78, 5) is 15.6. The molecule has 0 aromatic carbocycles. The fraction of sp³-hybridized carbons (Fsp3) is 0.333. The molecule has 5 heteroatoms. The molecule has 1 amide bonds. The molecule has 0 saturated carbocycles. The molecular formula is C12H15BrN2O2. The van der Waals surface area contributed by atoms with Crippen molar-refractivity contribution >= 4 is 21.8 Å². The van der Waals surface area contributed by atoms with Gasteiger partial charge < -0.3 is 10.1 Å². The molecule has 0 radical (unpaired) electrons. The van der Waals surface area contributed by atoms with Gasteiger partial charge in [-0.05, 0) is 34.5 Å². The van der Waals surface area contributed by atoms with E-state index in [9.17, 15) is 4.79 Å². The highest BCUT2D eigenvalue weighted by Crippen LogP contribution is 2.05. The Bertz CT molecular complexity index is 365. The molecule has 1 aromatic rings. The van der Waals surface area contributed by atoms with Crippen LogP contribution in [0.1, 0.15) is 16.8 Å². The smallest absolute Gasteiger partial charge is 0.252 e. The number of hydrogen-bond acceptors (Lipinski definition) is 3. The summed E-state index contributed by atoms with van der Waals surface area (Å²) in [5.74, 6) is -0.141.